The summed E-state index contributed by atoms with van der Waals surface area (Å²) in [5.41, 5.74) is 0. The van der Waals surface area contributed by atoms with E-state index >= 15 is 0 Å². The largest absolute Gasteiger partial charge is 0.336 e. The fraction of sp³-hybridized carbons (Fsp3) is 0.917. The highest BCUT2D eigenvalue weighted by Gasteiger charge is 2.22. The molecule has 2 N–H and O–H groups in total. The van der Waals surface area contributed by atoms with E-state index in [-0.39, 0.29) is 6.03 Å². The molecule has 16 heavy (non-hydrogen) atoms. The average molecular weight is 225 g/mol. The number of hydrogen-bond donors (Lipinski definition) is 2. The van der Waals surface area contributed by atoms with Gasteiger partial charge in [0, 0.05) is 25.7 Å². The summed E-state index contributed by atoms with van der Waals surface area (Å²) in [7, 11) is 0. The first kappa shape index (κ1) is 11.7. The lowest BCUT2D eigenvalue weighted by Crippen LogP contribution is -2.47. The Morgan fingerprint density at radius 1 is 1.44 bits per heavy atom. The summed E-state index contributed by atoms with van der Waals surface area (Å²) in [6.07, 6.45) is 4.84. The molecule has 4 heteroatoms. The Kier molecular flexibility index (Phi) is 4.04. The molecule has 2 rings (SSSR count). The van der Waals surface area contributed by atoms with Crippen molar-refractivity contribution in [1.29, 1.82) is 0 Å². The fourth-order valence-electron chi connectivity index (χ4n) is 2.63. The summed E-state index contributed by atoms with van der Waals surface area (Å²) in [5, 5.41) is 6.43. The lowest BCUT2D eigenvalue weighted by atomic mass is 10.0. The van der Waals surface area contributed by atoms with Crippen molar-refractivity contribution < 1.29 is 4.79 Å². The van der Waals surface area contributed by atoms with E-state index in [4.69, 9.17) is 0 Å². The molecular weight excluding hydrogens is 202 g/mol. The zero-order chi connectivity index (χ0) is 11.4. The van der Waals surface area contributed by atoms with Gasteiger partial charge in [0.15, 0.2) is 0 Å². The highest BCUT2D eigenvalue weighted by molar-refractivity contribution is 5.74. The number of nitrogens with one attached hydrogen (secondary N) is 2. The quantitative estimate of drug-likeness (QED) is 0.741. The topological polar surface area (TPSA) is 44.4 Å². The normalized spacial score (nSPS) is 30.4. The van der Waals surface area contributed by atoms with E-state index in [1.165, 1.54) is 19.3 Å². The van der Waals surface area contributed by atoms with Crippen LogP contribution < -0.4 is 10.6 Å². The second-order valence-electron chi connectivity index (χ2n) is 5.17. The minimum Gasteiger partial charge on any atom is -0.336 e. The Morgan fingerprint density at radius 3 is 3.00 bits per heavy atom. The van der Waals surface area contributed by atoms with E-state index < -0.39 is 0 Å². The van der Waals surface area contributed by atoms with Crippen molar-refractivity contribution in [2.24, 2.45) is 5.92 Å². The summed E-state index contributed by atoms with van der Waals surface area (Å²) in [4.78, 5) is 13.8. The maximum atomic E-state index is 11.9. The van der Waals surface area contributed by atoms with Gasteiger partial charge in [-0.05, 0) is 38.1 Å². The zero-order valence-corrected chi connectivity index (χ0v) is 10.2. The second-order valence-corrected chi connectivity index (χ2v) is 5.17. The van der Waals surface area contributed by atoms with E-state index in [2.05, 4.69) is 17.6 Å². The second kappa shape index (κ2) is 5.53. The van der Waals surface area contributed by atoms with Crippen LogP contribution in [0.5, 0.6) is 0 Å². The van der Waals surface area contributed by atoms with Gasteiger partial charge in [0.25, 0.3) is 0 Å². The van der Waals surface area contributed by atoms with Gasteiger partial charge in [-0.2, -0.15) is 0 Å². The fourth-order valence-corrected chi connectivity index (χ4v) is 2.63. The van der Waals surface area contributed by atoms with Crippen LogP contribution in [0.4, 0.5) is 4.79 Å². The Balaban J connectivity index is 1.70. The van der Waals surface area contributed by atoms with E-state index in [9.17, 15) is 4.79 Å². The van der Waals surface area contributed by atoms with Crippen LogP contribution in [0.3, 0.4) is 0 Å². The first-order valence-corrected chi connectivity index (χ1v) is 6.52. The third-order valence-corrected chi connectivity index (χ3v) is 3.61. The summed E-state index contributed by atoms with van der Waals surface area (Å²) in [6.45, 7) is 5.95. The molecule has 2 atom stereocenters. The monoisotopic (exact) mass is 225 g/mol. The van der Waals surface area contributed by atoms with Crippen LogP contribution in [0.2, 0.25) is 0 Å². The van der Waals surface area contributed by atoms with Crippen molar-refractivity contribution in [1.82, 2.24) is 15.5 Å². The maximum Gasteiger partial charge on any atom is 0.317 e. The number of carbonyl (C=O) groups is 1. The molecule has 2 unspecified atom stereocenters. The predicted octanol–water partition coefficient (Wildman–Crippen LogP) is 1.18. The van der Waals surface area contributed by atoms with Gasteiger partial charge in [0.05, 0.1) is 0 Å². The first-order valence-electron chi connectivity index (χ1n) is 6.52. The van der Waals surface area contributed by atoms with Crippen LogP contribution in [0, 0.1) is 5.92 Å². The minimum atomic E-state index is 0.125. The van der Waals surface area contributed by atoms with Gasteiger partial charge in [-0.15, -0.1) is 0 Å². The zero-order valence-electron chi connectivity index (χ0n) is 10.2. The first-order chi connectivity index (χ1) is 7.75. The Bertz CT molecular complexity index is 238. The molecule has 2 heterocycles. The average Bonchev–Trinajstić information content (AvgIpc) is 2.78. The molecule has 0 aromatic rings. The Morgan fingerprint density at radius 2 is 2.31 bits per heavy atom. The molecule has 92 valence electrons. The van der Waals surface area contributed by atoms with Crippen molar-refractivity contribution in [2.45, 2.75) is 38.6 Å². The van der Waals surface area contributed by atoms with Crippen molar-refractivity contribution in [3.05, 3.63) is 0 Å². The standard InChI is InChI=1S/C12H23N3O/c1-10-4-3-7-15(9-10)12(16)14-8-11-5-2-6-13-11/h10-11,13H,2-9H2,1H3,(H,14,16). The molecule has 0 bridgehead atoms. The maximum absolute atomic E-state index is 11.9. The molecule has 4 nitrogen and oxygen atoms in total. The van der Waals surface area contributed by atoms with E-state index in [1.54, 1.807) is 0 Å². The summed E-state index contributed by atoms with van der Waals surface area (Å²) in [5.74, 6) is 0.657. The highest BCUT2D eigenvalue weighted by atomic mass is 16.2. The number of nitrogens with zero attached hydrogens (tertiary/aromatic N) is 1. The molecule has 2 amide bonds. The number of hydrogen-bond acceptors (Lipinski definition) is 2. The lowest BCUT2D eigenvalue weighted by molar-refractivity contribution is 0.169. The number of amides is 2. The molecule has 0 radical (unpaired) electrons. The van der Waals surface area contributed by atoms with Crippen molar-refractivity contribution in [2.75, 3.05) is 26.2 Å². The van der Waals surface area contributed by atoms with Gasteiger partial charge in [0.1, 0.15) is 0 Å². The summed E-state index contributed by atoms with van der Waals surface area (Å²) < 4.78 is 0. The number of rotatable bonds is 2. The molecule has 0 saturated carbocycles. The third kappa shape index (κ3) is 3.11. The van der Waals surface area contributed by atoms with Crippen LogP contribution in [0.1, 0.15) is 32.6 Å². The smallest absolute Gasteiger partial charge is 0.317 e. The number of piperidine rings is 1. The SMILES string of the molecule is CC1CCCN(C(=O)NCC2CCCN2)C1. The molecule has 2 aliphatic rings. The van der Waals surface area contributed by atoms with Crippen LogP contribution >= 0.6 is 0 Å². The third-order valence-electron chi connectivity index (χ3n) is 3.61. The predicted molar refractivity (Wildman–Crippen MR) is 64.4 cm³/mol. The van der Waals surface area contributed by atoms with Crippen molar-refractivity contribution in [3.63, 3.8) is 0 Å². The van der Waals surface area contributed by atoms with Crippen LogP contribution in [-0.2, 0) is 0 Å². The molecular formula is C12H23N3O. The van der Waals surface area contributed by atoms with E-state index in [0.29, 0.717) is 12.0 Å². The summed E-state index contributed by atoms with van der Waals surface area (Å²) >= 11 is 0. The molecule has 0 aromatic carbocycles. The Hall–Kier alpha value is -0.770. The van der Waals surface area contributed by atoms with Crippen molar-refractivity contribution >= 4 is 6.03 Å². The molecule has 0 aromatic heterocycles. The molecule has 0 aliphatic carbocycles. The Labute approximate surface area is 97.8 Å². The molecule has 2 fully saturated rings. The van der Waals surface area contributed by atoms with E-state index in [0.717, 1.165) is 32.6 Å². The van der Waals surface area contributed by atoms with Crippen LogP contribution in [-0.4, -0.2) is 43.2 Å². The lowest BCUT2D eigenvalue weighted by Gasteiger charge is -2.31. The highest BCUT2D eigenvalue weighted by Crippen LogP contribution is 2.15. The summed E-state index contributed by atoms with van der Waals surface area (Å²) in [6, 6.07) is 0.617. The number of urea groups is 1. The van der Waals surface area contributed by atoms with Crippen molar-refractivity contribution in [3.8, 4) is 0 Å². The molecule has 0 spiro atoms. The van der Waals surface area contributed by atoms with Gasteiger partial charge in [-0.25, -0.2) is 4.79 Å². The number of likely N-dealkylation sites (tertiary alicyclic amines) is 1. The minimum absolute atomic E-state index is 0.125. The number of carbonyl (C=O) groups excluding carboxylic acids is 1. The van der Waals surface area contributed by atoms with Gasteiger partial charge >= 0.3 is 6.03 Å². The molecule has 2 saturated heterocycles. The van der Waals surface area contributed by atoms with E-state index in [1.807, 2.05) is 4.90 Å². The van der Waals surface area contributed by atoms with Gasteiger partial charge in [0.2, 0.25) is 0 Å². The van der Waals surface area contributed by atoms with Crippen LogP contribution in [0.25, 0.3) is 0 Å². The van der Waals surface area contributed by atoms with Gasteiger partial charge in [-0.3, -0.25) is 0 Å². The van der Waals surface area contributed by atoms with Crippen LogP contribution in [0.15, 0.2) is 0 Å². The van der Waals surface area contributed by atoms with Gasteiger partial charge < -0.3 is 15.5 Å². The van der Waals surface area contributed by atoms with Gasteiger partial charge in [-0.1, -0.05) is 6.92 Å². The molecule has 2 aliphatic heterocycles.